The van der Waals surface area contributed by atoms with Crippen LogP contribution in [0.1, 0.15) is 22.8 Å². The topological polar surface area (TPSA) is 75.7 Å². The average molecular weight is 447 g/mol. The fraction of sp³-hybridized carbons (Fsp3) is 0.0800. The second kappa shape index (κ2) is 9.08. The fourth-order valence-electron chi connectivity index (χ4n) is 3.25. The van der Waals surface area contributed by atoms with Crippen molar-refractivity contribution in [2.75, 3.05) is 10.2 Å². The van der Waals surface area contributed by atoms with Gasteiger partial charge in [-0.15, -0.1) is 0 Å². The molecule has 0 saturated heterocycles. The largest absolute Gasteiger partial charge is 0.423 e. The summed E-state index contributed by atoms with van der Waals surface area (Å²) >= 11 is 6.15. The number of benzene rings is 3. The number of amides is 2. The summed E-state index contributed by atoms with van der Waals surface area (Å²) in [4.78, 5) is 38.7. The number of halogens is 1. The van der Waals surface area contributed by atoms with Gasteiger partial charge in [0.2, 0.25) is 0 Å². The lowest BCUT2D eigenvalue weighted by molar-refractivity contribution is -0.120. The van der Waals surface area contributed by atoms with Crippen molar-refractivity contribution in [3.8, 4) is 5.75 Å². The van der Waals surface area contributed by atoms with Gasteiger partial charge in [0.1, 0.15) is 16.5 Å². The molecule has 0 unspecified atom stereocenters. The van der Waals surface area contributed by atoms with E-state index in [0.29, 0.717) is 22.7 Å². The van der Waals surface area contributed by atoms with Crippen molar-refractivity contribution in [2.24, 2.45) is 0 Å². The second-order valence-electron chi connectivity index (χ2n) is 7.06. The smallest absolute Gasteiger partial charge is 0.343 e. The first-order chi connectivity index (χ1) is 15.5. The lowest BCUT2D eigenvalue weighted by Crippen LogP contribution is -2.32. The lowest BCUT2D eigenvalue weighted by atomic mass is 10.1. The molecule has 0 atom stereocenters. The van der Waals surface area contributed by atoms with Crippen LogP contribution in [-0.2, 0) is 16.0 Å². The van der Waals surface area contributed by atoms with Crippen LogP contribution in [0.4, 0.5) is 11.4 Å². The highest BCUT2D eigenvalue weighted by Crippen LogP contribution is 2.30. The van der Waals surface area contributed by atoms with Crippen LogP contribution < -0.4 is 15.0 Å². The minimum absolute atomic E-state index is 0.0211. The Kier molecular flexibility index (Phi) is 6.05. The molecule has 0 spiro atoms. The number of nitrogens with one attached hydrogen (secondary N) is 1. The van der Waals surface area contributed by atoms with Gasteiger partial charge in [-0.1, -0.05) is 48.9 Å². The van der Waals surface area contributed by atoms with Gasteiger partial charge >= 0.3 is 5.97 Å². The van der Waals surface area contributed by atoms with Crippen molar-refractivity contribution in [1.29, 1.82) is 0 Å². The number of carbonyl (C=O) groups excluding carboxylic acids is 3. The first-order valence-corrected chi connectivity index (χ1v) is 10.4. The van der Waals surface area contributed by atoms with Crippen molar-refractivity contribution in [3.05, 3.63) is 101 Å². The summed E-state index contributed by atoms with van der Waals surface area (Å²) in [6.45, 7) is 2.02. The van der Waals surface area contributed by atoms with E-state index in [0.717, 1.165) is 16.9 Å². The van der Waals surface area contributed by atoms with Gasteiger partial charge in [0.25, 0.3) is 11.8 Å². The molecule has 1 aliphatic rings. The third kappa shape index (κ3) is 4.26. The number of imide groups is 1. The van der Waals surface area contributed by atoms with E-state index in [-0.39, 0.29) is 10.7 Å². The fourth-order valence-corrected chi connectivity index (χ4v) is 3.46. The number of rotatable bonds is 6. The Morgan fingerprint density at radius 3 is 2.34 bits per heavy atom. The van der Waals surface area contributed by atoms with Crippen LogP contribution in [-0.4, -0.2) is 17.8 Å². The molecule has 160 valence electrons. The van der Waals surface area contributed by atoms with E-state index in [1.54, 1.807) is 60.7 Å². The summed E-state index contributed by atoms with van der Waals surface area (Å²) in [7, 11) is 0. The highest BCUT2D eigenvalue weighted by atomic mass is 35.5. The van der Waals surface area contributed by atoms with E-state index in [1.165, 1.54) is 0 Å². The summed E-state index contributed by atoms with van der Waals surface area (Å²) in [5, 5.41) is 2.69. The minimum atomic E-state index is -0.597. The molecule has 1 heterocycles. The molecule has 0 fully saturated rings. The normalized spacial score (nSPS) is 13.5. The van der Waals surface area contributed by atoms with Gasteiger partial charge < -0.3 is 10.1 Å². The van der Waals surface area contributed by atoms with E-state index >= 15 is 0 Å². The Bertz CT molecular complexity index is 1220. The van der Waals surface area contributed by atoms with Crippen LogP contribution in [0, 0.1) is 0 Å². The summed E-state index contributed by atoms with van der Waals surface area (Å²) in [6, 6.07) is 22.3. The van der Waals surface area contributed by atoms with Crippen molar-refractivity contribution in [1.82, 2.24) is 0 Å². The molecule has 6 nitrogen and oxygen atoms in total. The van der Waals surface area contributed by atoms with Crippen molar-refractivity contribution >= 4 is 40.8 Å². The van der Waals surface area contributed by atoms with Crippen LogP contribution in [0.25, 0.3) is 0 Å². The molecule has 0 radical (unpaired) electrons. The molecular formula is C25H19ClN2O4. The molecule has 32 heavy (non-hydrogen) atoms. The zero-order valence-electron chi connectivity index (χ0n) is 17.2. The summed E-state index contributed by atoms with van der Waals surface area (Å²) in [6.07, 6.45) is 0.840. The first kappa shape index (κ1) is 21.3. The molecule has 0 saturated carbocycles. The van der Waals surface area contributed by atoms with Gasteiger partial charge in [-0.2, -0.15) is 0 Å². The standard InChI is InChI=1S/C25H19ClN2O4/c1-2-16-7-6-10-20(15-16)32-25(31)17-11-13-18(14-12-17)27-22-21(26)23(29)28(24(22)30)19-8-4-3-5-9-19/h3-15,27H,2H2,1H3. The number of ether oxygens (including phenoxy) is 1. The highest BCUT2D eigenvalue weighted by Gasteiger charge is 2.38. The first-order valence-electron chi connectivity index (χ1n) is 9.99. The highest BCUT2D eigenvalue weighted by molar-refractivity contribution is 6.53. The van der Waals surface area contributed by atoms with E-state index in [2.05, 4.69) is 5.32 Å². The van der Waals surface area contributed by atoms with E-state index in [1.807, 2.05) is 25.1 Å². The summed E-state index contributed by atoms with van der Waals surface area (Å²) in [5.41, 5.74) is 2.33. The molecule has 0 bridgehead atoms. The van der Waals surface area contributed by atoms with Crippen molar-refractivity contribution < 1.29 is 19.1 Å². The Balaban J connectivity index is 1.47. The van der Waals surface area contributed by atoms with E-state index in [9.17, 15) is 14.4 Å². The zero-order valence-corrected chi connectivity index (χ0v) is 17.9. The van der Waals surface area contributed by atoms with E-state index < -0.39 is 17.8 Å². The Hall–Kier alpha value is -3.90. The van der Waals surface area contributed by atoms with E-state index in [4.69, 9.17) is 16.3 Å². The maximum atomic E-state index is 12.8. The molecule has 0 aromatic heterocycles. The lowest BCUT2D eigenvalue weighted by Gasteiger charge is -2.14. The van der Waals surface area contributed by atoms with Gasteiger partial charge in [0.15, 0.2) is 0 Å². The van der Waals surface area contributed by atoms with Gasteiger partial charge in [-0.3, -0.25) is 9.59 Å². The number of carbonyl (C=O) groups is 3. The minimum Gasteiger partial charge on any atom is -0.423 e. The average Bonchev–Trinajstić information content (AvgIpc) is 3.03. The summed E-state index contributed by atoms with van der Waals surface area (Å²) in [5.74, 6) is -1.17. The molecule has 4 rings (SSSR count). The van der Waals surface area contributed by atoms with Crippen LogP contribution in [0.2, 0.25) is 0 Å². The Morgan fingerprint density at radius 1 is 0.938 bits per heavy atom. The van der Waals surface area contributed by atoms with Crippen LogP contribution in [0.3, 0.4) is 0 Å². The van der Waals surface area contributed by atoms with Gasteiger partial charge in [0.05, 0.1) is 11.3 Å². The Labute approximate surface area is 190 Å². The van der Waals surface area contributed by atoms with Gasteiger partial charge in [-0.05, 0) is 60.5 Å². The third-order valence-electron chi connectivity index (χ3n) is 4.95. The van der Waals surface area contributed by atoms with Crippen molar-refractivity contribution in [3.63, 3.8) is 0 Å². The molecule has 3 aromatic carbocycles. The van der Waals surface area contributed by atoms with Gasteiger partial charge in [0, 0.05) is 5.69 Å². The SMILES string of the molecule is CCc1cccc(OC(=O)c2ccc(NC3=C(Cl)C(=O)N(c4ccccc4)C3=O)cc2)c1. The third-order valence-corrected chi connectivity index (χ3v) is 5.30. The number of para-hydroxylation sites is 1. The Morgan fingerprint density at radius 2 is 1.66 bits per heavy atom. The number of aryl methyl sites for hydroxylation is 1. The molecular weight excluding hydrogens is 428 g/mol. The number of hydrogen-bond donors (Lipinski definition) is 1. The molecule has 0 aliphatic carbocycles. The molecule has 1 N–H and O–H groups in total. The maximum absolute atomic E-state index is 12.8. The number of nitrogens with zero attached hydrogens (tertiary/aromatic N) is 1. The summed E-state index contributed by atoms with van der Waals surface area (Å²) < 4.78 is 5.43. The molecule has 2 amide bonds. The predicted octanol–water partition coefficient (Wildman–Crippen LogP) is 4.90. The number of anilines is 2. The number of hydrogen-bond acceptors (Lipinski definition) is 5. The predicted molar refractivity (Wildman–Crippen MR) is 123 cm³/mol. The monoisotopic (exact) mass is 446 g/mol. The molecule has 1 aliphatic heterocycles. The van der Waals surface area contributed by atoms with Gasteiger partial charge in [-0.25, -0.2) is 9.69 Å². The quantitative estimate of drug-likeness (QED) is 0.331. The van der Waals surface area contributed by atoms with Crippen LogP contribution in [0.5, 0.6) is 5.75 Å². The molecule has 7 heteroatoms. The van der Waals surface area contributed by atoms with Crippen LogP contribution in [0.15, 0.2) is 89.6 Å². The number of esters is 1. The zero-order chi connectivity index (χ0) is 22.7. The van der Waals surface area contributed by atoms with Crippen LogP contribution >= 0.6 is 11.6 Å². The van der Waals surface area contributed by atoms with Crippen molar-refractivity contribution in [2.45, 2.75) is 13.3 Å². The molecule has 3 aromatic rings. The maximum Gasteiger partial charge on any atom is 0.343 e. The second-order valence-corrected chi connectivity index (χ2v) is 7.44.